The molecule has 1 aliphatic carbocycles. The molecule has 0 atom stereocenters. The average Bonchev–Trinajstić information content (AvgIpc) is 3.24. The second-order valence-corrected chi connectivity index (χ2v) is 6.83. The van der Waals surface area contributed by atoms with E-state index in [1.807, 2.05) is 0 Å². The van der Waals surface area contributed by atoms with Gasteiger partial charge in [-0.3, -0.25) is 9.59 Å². The molecule has 144 valence electrons. The van der Waals surface area contributed by atoms with Crippen molar-refractivity contribution in [2.24, 2.45) is 0 Å². The molecule has 2 N–H and O–H groups in total. The van der Waals surface area contributed by atoms with Crippen molar-refractivity contribution >= 4 is 11.9 Å². The molecule has 27 heavy (non-hydrogen) atoms. The molecule has 3 rings (SSSR count). The largest absolute Gasteiger partial charge is 0.481 e. The number of nitrogens with zero attached hydrogens (tertiary/aromatic N) is 2. The highest BCUT2D eigenvalue weighted by Gasteiger charge is 2.26. The van der Waals surface area contributed by atoms with Crippen LogP contribution in [0.5, 0.6) is 0 Å². The van der Waals surface area contributed by atoms with E-state index in [2.05, 4.69) is 10.4 Å². The van der Waals surface area contributed by atoms with E-state index in [0.29, 0.717) is 18.7 Å². The maximum Gasteiger partial charge on any atom is 0.303 e. The fourth-order valence-electron chi connectivity index (χ4n) is 3.46. The Labute approximate surface area is 157 Å². The zero-order valence-electron chi connectivity index (χ0n) is 15.2. The highest BCUT2D eigenvalue weighted by Crippen LogP contribution is 2.27. The van der Waals surface area contributed by atoms with E-state index in [0.717, 1.165) is 55.5 Å². The molecule has 1 aromatic heterocycles. The van der Waals surface area contributed by atoms with Crippen molar-refractivity contribution in [3.8, 4) is 5.69 Å². The van der Waals surface area contributed by atoms with Gasteiger partial charge in [-0.15, -0.1) is 0 Å². The van der Waals surface area contributed by atoms with Gasteiger partial charge in [-0.25, -0.2) is 9.07 Å². The Morgan fingerprint density at radius 3 is 2.59 bits per heavy atom. The van der Waals surface area contributed by atoms with Crippen LogP contribution in [0.4, 0.5) is 4.39 Å². The molecule has 0 radical (unpaired) electrons. The van der Waals surface area contributed by atoms with Crippen molar-refractivity contribution in [1.82, 2.24) is 15.1 Å². The lowest BCUT2D eigenvalue weighted by Crippen LogP contribution is -2.26. The highest BCUT2D eigenvalue weighted by molar-refractivity contribution is 5.94. The Kier molecular flexibility index (Phi) is 6.21. The van der Waals surface area contributed by atoms with Gasteiger partial charge in [0.05, 0.1) is 5.69 Å². The van der Waals surface area contributed by atoms with Gasteiger partial charge in [0.2, 0.25) is 0 Å². The van der Waals surface area contributed by atoms with Crippen molar-refractivity contribution < 1.29 is 19.1 Å². The van der Waals surface area contributed by atoms with Gasteiger partial charge in [0, 0.05) is 24.2 Å². The summed E-state index contributed by atoms with van der Waals surface area (Å²) in [6.07, 6.45) is 6.07. The number of carboxylic acids is 1. The third kappa shape index (κ3) is 4.72. The molecule has 0 saturated carbocycles. The molecule has 1 aliphatic rings. The number of fused-ring (bicyclic) bond motifs is 1. The van der Waals surface area contributed by atoms with E-state index in [4.69, 9.17) is 5.11 Å². The number of carboxylic acid groups (broad SMARTS) is 1. The second kappa shape index (κ2) is 8.79. The maximum absolute atomic E-state index is 13.2. The summed E-state index contributed by atoms with van der Waals surface area (Å²) in [6, 6.07) is 6.12. The van der Waals surface area contributed by atoms with E-state index >= 15 is 0 Å². The number of benzene rings is 1. The van der Waals surface area contributed by atoms with Crippen molar-refractivity contribution in [3.05, 3.63) is 47.0 Å². The Morgan fingerprint density at radius 1 is 1.11 bits per heavy atom. The molecular formula is C20H24FN3O3. The third-order valence-electron chi connectivity index (χ3n) is 4.82. The van der Waals surface area contributed by atoms with E-state index in [-0.39, 0.29) is 18.1 Å². The number of aliphatic carboxylic acids is 1. The summed E-state index contributed by atoms with van der Waals surface area (Å²) < 4.78 is 14.9. The van der Waals surface area contributed by atoms with Crippen LogP contribution in [0, 0.1) is 5.82 Å². The van der Waals surface area contributed by atoms with Crippen LogP contribution in [0.15, 0.2) is 24.3 Å². The topological polar surface area (TPSA) is 84.2 Å². The molecule has 0 saturated heterocycles. The number of nitrogens with one attached hydrogen (secondary N) is 1. The minimum absolute atomic E-state index is 0.181. The summed E-state index contributed by atoms with van der Waals surface area (Å²) in [5.41, 5.74) is 3.23. The summed E-state index contributed by atoms with van der Waals surface area (Å²) in [5, 5.41) is 16.0. The first-order chi connectivity index (χ1) is 13.1. The van der Waals surface area contributed by atoms with Crippen LogP contribution in [0.1, 0.15) is 60.3 Å². The second-order valence-electron chi connectivity index (χ2n) is 6.83. The molecule has 0 bridgehead atoms. The van der Waals surface area contributed by atoms with E-state index < -0.39 is 5.97 Å². The first-order valence-electron chi connectivity index (χ1n) is 9.43. The number of aromatic nitrogens is 2. The van der Waals surface area contributed by atoms with Crippen LogP contribution >= 0.6 is 0 Å². The van der Waals surface area contributed by atoms with E-state index in [1.165, 1.54) is 12.1 Å². The lowest BCUT2D eigenvalue weighted by Gasteiger charge is -2.05. The number of amides is 1. The third-order valence-corrected chi connectivity index (χ3v) is 4.82. The summed E-state index contributed by atoms with van der Waals surface area (Å²) in [7, 11) is 0. The summed E-state index contributed by atoms with van der Waals surface area (Å²) >= 11 is 0. The number of hydrogen-bond donors (Lipinski definition) is 2. The van der Waals surface area contributed by atoms with Crippen molar-refractivity contribution in [2.75, 3.05) is 6.54 Å². The first kappa shape index (κ1) is 19.1. The molecule has 0 unspecified atom stereocenters. The Morgan fingerprint density at radius 2 is 1.85 bits per heavy atom. The number of rotatable bonds is 9. The van der Waals surface area contributed by atoms with Crippen LogP contribution in [-0.4, -0.2) is 33.3 Å². The quantitative estimate of drug-likeness (QED) is 0.661. The zero-order chi connectivity index (χ0) is 19.2. The molecule has 6 nitrogen and oxygen atoms in total. The predicted molar refractivity (Wildman–Crippen MR) is 98.6 cm³/mol. The summed E-state index contributed by atoms with van der Waals surface area (Å²) in [6.45, 7) is 0.546. The number of unbranched alkanes of at least 4 members (excludes halogenated alkanes) is 3. The molecule has 1 amide bonds. The van der Waals surface area contributed by atoms with Gasteiger partial charge in [0.25, 0.3) is 5.91 Å². The smallest absolute Gasteiger partial charge is 0.303 e. The zero-order valence-corrected chi connectivity index (χ0v) is 15.2. The minimum atomic E-state index is -0.770. The Bertz CT molecular complexity index is 815. The van der Waals surface area contributed by atoms with Crippen LogP contribution in [0.25, 0.3) is 5.69 Å². The van der Waals surface area contributed by atoms with E-state index in [9.17, 15) is 14.0 Å². The fourth-order valence-corrected chi connectivity index (χ4v) is 3.46. The Balaban J connectivity index is 1.58. The number of carbonyl (C=O) groups is 2. The van der Waals surface area contributed by atoms with Gasteiger partial charge < -0.3 is 10.4 Å². The lowest BCUT2D eigenvalue weighted by molar-refractivity contribution is -0.137. The maximum atomic E-state index is 13.2. The molecule has 7 heteroatoms. The van der Waals surface area contributed by atoms with E-state index in [1.54, 1.807) is 16.8 Å². The molecule has 1 heterocycles. The normalized spacial score (nSPS) is 12.8. The standard InChI is InChI=1S/C20H24FN3O3/c21-14-9-11-15(12-10-14)24-17-7-5-6-16(17)19(23-24)20(27)22-13-4-2-1-3-8-18(25)26/h9-12H,1-8,13H2,(H,22,27)(H,25,26). The van der Waals surface area contributed by atoms with Gasteiger partial charge in [0.1, 0.15) is 5.82 Å². The van der Waals surface area contributed by atoms with Crippen molar-refractivity contribution in [3.63, 3.8) is 0 Å². The van der Waals surface area contributed by atoms with Crippen molar-refractivity contribution in [2.45, 2.75) is 51.4 Å². The fraction of sp³-hybridized carbons (Fsp3) is 0.450. The summed E-state index contributed by atoms with van der Waals surface area (Å²) in [4.78, 5) is 23.0. The van der Waals surface area contributed by atoms with Gasteiger partial charge in [0.15, 0.2) is 5.69 Å². The Hall–Kier alpha value is -2.70. The monoisotopic (exact) mass is 373 g/mol. The van der Waals surface area contributed by atoms with Gasteiger partial charge in [-0.05, 0) is 56.4 Å². The number of carbonyl (C=O) groups excluding carboxylic acids is 1. The summed E-state index contributed by atoms with van der Waals surface area (Å²) in [5.74, 6) is -1.25. The number of hydrogen-bond acceptors (Lipinski definition) is 3. The van der Waals surface area contributed by atoms with Crippen LogP contribution in [0.3, 0.4) is 0 Å². The van der Waals surface area contributed by atoms with Crippen LogP contribution in [0.2, 0.25) is 0 Å². The molecule has 1 aromatic carbocycles. The molecular weight excluding hydrogens is 349 g/mol. The lowest BCUT2D eigenvalue weighted by atomic mass is 10.1. The average molecular weight is 373 g/mol. The molecule has 2 aromatic rings. The van der Waals surface area contributed by atoms with Crippen LogP contribution < -0.4 is 5.32 Å². The molecule has 0 spiro atoms. The molecule has 0 aliphatic heterocycles. The SMILES string of the molecule is O=C(O)CCCCCCNC(=O)c1nn(-c2ccc(F)cc2)c2c1CCC2. The minimum Gasteiger partial charge on any atom is -0.481 e. The predicted octanol–water partition coefficient (Wildman–Crippen LogP) is 3.27. The number of halogens is 1. The first-order valence-corrected chi connectivity index (χ1v) is 9.43. The van der Waals surface area contributed by atoms with Gasteiger partial charge in [-0.2, -0.15) is 5.10 Å². The highest BCUT2D eigenvalue weighted by atomic mass is 19.1. The molecule has 0 fully saturated rings. The van der Waals surface area contributed by atoms with Crippen LogP contribution in [-0.2, 0) is 17.6 Å². The van der Waals surface area contributed by atoms with Gasteiger partial charge >= 0.3 is 5.97 Å². The van der Waals surface area contributed by atoms with Crippen molar-refractivity contribution in [1.29, 1.82) is 0 Å². The van der Waals surface area contributed by atoms with Gasteiger partial charge in [-0.1, -0.05) is 12.8 Å².